The maximum absolute atomic E-state index is 9.74. The predicted molar refractivity (Wildman–Crippen MR) is 53.2 cm³/mol. The number of nitriles is 1. The van der Waals surface area contributed by atoms with Gasteiger partial charge in [0.15, 0.2) is 0 Å². The molecule has 2 atom stereocenters. The molecule has 1 rings (SSSR count). The average molecular weight is 184 g/mol. The number of nitrogens with zero attached hydrogens (tertiary/aromatic N) is 2. The van der Waals surface area contributed by atoms with Gasteiger partial charge in [0.1, 0.15) is 0 Å². The molecule has 1 saturated heterocycles. The molecular weight excluding hydrogens is 164 g/mol. The number of hydrogen-bond donors (Lipinski definition) is 1. The van der Waals surface area contributed by atoms with Crippen LogP contribution in [0.1, 0.15) is 27.2 Å². The second kappa shape index (κ2) is 5.21. The third kappa shape index (κ3) is 3.33. The zero-order valence-electron chi connectivity index (χ0n) is 9.04. The van der Waals surface area contributed by atoms with Gasteiger partial charge in [-0.3, -0.25) is 0 Å². The highest BCUT2D eigenvalue weighted by Gasteiger charge is 2.36. The molecule has 1 aliphatic heterocycles. The molecular formula is C10H20N2O. The topological polar surface area (TPSA) is 47.3 Å². The molecule has 1 aliphatic rings. The van der Waals surface area contributed by atoms with E-state index in [-0.39, 0.29) is 5.92 Å². The number of likely N-dealkylation sites (N-methyl/N-ethyl adjacent to an activating group) is 1. The fourth-order valence-corrected chi connectivity index (χ4v) is 1.60. The van der Waals surface area contributed by atoms with E-state index in [9.17, 15) is 5.11 Å². The van der Waals surface area contributed by atoms with Gasteiger partial charge in [-0.05, 0) is 26.9 Å². The summed E-state index contributed by atoms with van der Waals surface area (Å²) < 4.78 is 0. The molecule has 76 valence electrons. The van der Waals surface area contributed by atoms with Crippen LogP contribution in [0.15, 0.2) is 0 Å². The molecule has 0 bridgehead atoms. The van der Waals surface area contributed by atoms with Crippen LogP contribution in [0, 0.1) is 17.2 Å². The van der Waals surface area contributed by atoms with Crippen molar-refractivity contribution < 1.29 is 5.11 Å². The van der Waals surface area contributed by atoms with Gasteiger partial charge in [-0.2, -0.15) is 5.26 Å². The molecule has 0 saturated carbocycles. The number of aliphatic hydroxyl groups is 1. The number of hydrogen-bond acceptors (Lipinski definition) is 3. The van der Waals surface area contributed by atoms with Crippen LogP contribution in [0.4, 0.5) is 0 Å². The number of likely N-dealkylation sites (tertiary alicyclic amines) is 1. The summed E-state index contributed by atoms with van der Waals surface area (Å²) in [6, 6.07) is 2.14. The summed E-state index contributed by atoms with van der Waals surface area (Å²) in [5.41, 5.74) is -0.818. The second-order valence-corrected chi connectivity index (χ2v) is 3.57. The Morgan fingerprint density at radius 1 is 1.54 bits per heavy atom. The maximum atomic E-state index is 9.74. The monoisotopic (exact) mass is 184 g/mol. The summed E-state index contributed by atoms with van der Waals surface area (Å²) in [6.07, 6.45) is 0.778. The number of β-amino-alcohol motifs (C(OH)–C–C–N with tert-alkyl or cyclic N) is 1. The third-order valence-corrected chi connectivity index (χ3v) is 2.30. The quantitative estimate of drug-likeness (QED) is 0.616. The summed E-state index contributed by atoms with van der Waals surface area (Å²) >= 11 is 0. The standard InChI is InChI=1S/C8H14N2O.C2H6/c1-8(11)6-10(2)4-3-7(8)5-9;1-2/h7,11H,3-4,6H2,1-2H3;1-2H3. The molecule has 1 N–H and O–H groups in total. The Hall–Kier alpha value is -0.590. The maximum Gasteiger partial charge on any atom is 0.0903 e. The van der Waals surface area contributed by atoms with Crippen molar-refractivity contribution in [3.05, 3.63) is 0 Å². The highest BCUT2D eigenvalue weighted by atomic mass is 16.3. The first-order valence-electron chi connectivity index (χ1n) is 4.87. The minimum atomic E-state index is -0.818. The SMILES string of the molecule is CC.CN1CCC(C#N)C(C)(O)C1. The van der Waals surface area contributed by atoms with E-state index in [0.29, 0.717) is 6.54 Å². The minimum absolute atomic E-state index is 0.196. The zero-order chi connectivity index (χ0) is 10.5. The van der Waals surface area contributed by atoms with Crippen LogP contribution in [0.2, 0.25) is 0 Å². The molecule has 3 heteroatoms. The Morgan fingerprint density at radius 2 is 2.08 bits per heavy atom. The van der Waals surface area contributed by atoms with Gasteiger partial charge in [-0.1, -0.05) is 13.8 Å². The van der Waals surface area contributed by atoms with E-state index in [2.05, 4.69) is 6.07 Å². The Kier molecular flexibility index (Phi) is 4.97. The lowest BCUT2D eigenvalue weighted by atomic mass is 9.84. The summed E-state index contributed by atoms with van der Waals surface area (Å²) in [5, 5.41) is 18.4. The molecule has 0 aromatic carbocycles. The van der Waals surface area contributed by atoms with Gasteiger partial charge < -0.3 is 10.0 Å². The average Bonchev–Trinajstić information content (AvgIpc) is 2.06. The molecule has 0 aromatic heterocycles. The first kappa shape index (κ1) is 12.4. The van der Waals surface area contributed by atoms with Crippen LogP contribution >= 0.6 is 0 Å². The van der Waals surface area contributed by atoms with Crippen LogP contribution < -0.4 is 0 Å². The minimum Gasteiger partial charge on any atom is -0.387 e. The largest absolute Gasteiger partial charge is 0.387 e. The van der Waals surface area contributed by atoms with Crippen molar-refractivity contribution in [2.45, 2.75) is 32.8 Å². The molecule has 0 aromatic rings. The van der Waals surface area contributed by atoms with Gasteiger partial charge in [0, 0.05) is 6.54 Å². The van der Waals surface area contributed by atoms with Crippen molar-refractivity contribution in [2.75, 3.05) is 20.1 Å². The van der Waals surface area contributed by atoms with Gasteiger partial charge in [-0.25, -0.2) is 0 Å². The smallest absolute Gasteiger partial charge is 0.0903 e. The summed E-state index contributed by atoms with van der Waals surface area (Å²) in [5.74, 6) is -0.196. The van der Waals surface area contributed by atoms with Crippen molar-refractivity contribution in [3.63, 3.8) is 0 Å². The van der Waals surface area contributed by atoms with Crippen molar-refractivity contribution in [1.29, 1.82) is 5.26 Å². The summed E-state index contributed by atoms with van der Waals surface area (Å²) in [6.45, 7) is 7.25. The fourth-order valence-electron chi connectivity index (χ4n) is 1.60. The normalized spacial score (nSPS) is 34.3. The van der Waals surface area contributed by atoms with Gasteiger partial charge in [-0.15, -0.1) is 0 Å². The van der Waals surface area contributed by atoms with Crippen LogP contribution in [0.25, 0.3) is 0 Å². The first-order chi connectivity index (χ1) is 6.06. The van der Waals surface area contributed by atoms with E-state index in [4.69, 9.17) is 5.26 Å². The van der Waals surface area contributed by atoms with Gasteiger partial charge in [0.2, 0.25) is 0 Å². The van der Waals surface area contributed by atoms with E-state index in [0.717, 1.165) is 13.0 Å². The van der Waals surface area contributed by atoms with Crippen molar-refractivity contribution in [3.8, 4) is 6.07 Å². The predicted octanol–water partition coefficient (Wildman–Crippen LogP) is 1.24. The molecule has 3 nitrogen and oxygen atoms in total. The van der Waals surface area contributed by atoms with E-state index in [1.54, 1.807) is 6.92 Å². The van der Waals surface area contributed by atoms with E-state index >= 15 is 0 Å². The Balaban J connectivity index is 0.000000671. The van der Waals surface area contributed by atoms with Crippen molar-refractivity contribution >= 4 is 0 Å². The first-order valence-corrected chi connectivity index (χ1v) is 4.87. The molecule has 0 amide bonds. The lowest BCUT2D eigenvalue weighted by Crippen LogP contribution is -2.50. The summed E-state index contributed by atoms with van der Waals surface area (Å²) in [7, 11) is 1.96. The molecule has 0 spiro atoms. The Labute approximate surface area is 81.0 Å². The number of rotatable bonds is 0. The van der Waals surface area contributed by atoms with Gasteiger partial charge in [0.05, 0.1) is 17.6 Å². The Bertz CT molecular complexity index is 184. The molecule has 0 aliphatic carbocycles. The number of piperidine rings is 1. The van der Waals surface area contributed by atoms with Crippen molar-refractivity contribution in [2.24, 2.45) is 5.92 Å². The molecule has 0 radical (unpaired) electrons. The molecule has 13 heavy (non-hydrogen) atoms. The van der Waals surface area contributed by atoms with Crippen LogP contribution in [-0.2, 0) is 0 Å². The fraction of sp³-hybridized carbons (Fsp3) is 0.900. The van der Waals surface area contributed by atoms with Crippen LogP contribution in [0.5, 0.6) is 0 Å². The van der Waals surface area contributed by atoms with E-state index < -0.39 is 5.60 Å². The van der Waals surface area contributed by atoms with E-state index in [1.165, 1.54) is 0 Å². The molecule has 1 heterocycles. The summed E-state index contributed by atoms with van der Waals surface area (Å²) in [4.78, 5) is 2.05. The van der Waals surface area contributed by atoms with E-state index in [1.807, 2.05) is 25.8 Å². The van der Waals surface area contributed by atoms with Gasteiger partial charge >= 0.3 is 0 Å². The third-order valence-electron chi connectivity index (χ3n) is 2.30. The second-order valence-electron chi connectivity index (χ2n) is 3.57. The zero-order valence-corrected chi connectivity index (χ0v) is 9.04. The van der Waals surface area contributed by atoms with Gasteiger partial charge in [0.25, 0.3) is 0 Å². The van der Waals surface area contributed by atoms with Crippen molar-refractivity contribution in [1.82, 2.24) is 4.90 Å². The highest BCUT2D eigenvalue weighted by molar-refractivity contribution is 5.00. The molecule has 1 fully saturated rings. The Morgan fingerprint density at radius 3 is 2.46 bits per heavy atom. The van der Waals surface area contributed by atoms with Crippen LogP contribution in [-0.4, -0.2) is 35.7 Å². The highest BCUT2D eigenvalue weighted by Crippen LogP contribution is 2.25. The molecule has 2 unspecified atom stereocenters. The lowest BCUT2D eigenvalue weighted by Gasteiger charge is -2.38. The lowest BCUT2D eigenvalue weighted by molar-refractivity contribution is -0.0359. The van der Waals surface area contributed by atoms with Crippen LogP contribution in [0.3, 0.4) is 0 Å².